The average molecular weight is 208 g/mol. The molecule has 0 aliphatic heterocycles. The van der Waals surface area contributed by atoms with Gasteiger partial charge in [-0.25, -0.2) is 4.79 Å². The molecule has 4 heteroatoms. The molecule has 0 saturated heterocycles. The maximum absolute atomic E-state index is 11.2. The molecule has 0 aromatic heterocycles. The Kier molecular flexibility index (Phi) is 3.74. The zero-order chi connectivity index (χ0) is 11.3. The fraction of sp³-hybridized carbons (Fsp3) is 0.182. The van der Waals surface area contributed by atoms with Crippen LogP contribution in [0.25, 0.3) is 5.57 Å². The Balaban J connectivity index is 2.99. The van der Waals surface area contributed by atoms with E-state index in [-0.39, 0.29) is 5.57 Å². The van der Waals surface area contributed by atoms with Gasteiger partial charge in [0.2, 0.25) is 0 Å². The van der Waals surface area contributed by atoms with Crippen molar-refractivity contribution in [3.63, 3.8) is 0 Å². The van der Waals surface area contributed by atoms with Gasteiger partial charge in [-0.05, 0) is 17.7 Å². The van der Waals surface area contributed by atoms with E-state index in [1.807, 2.05) is 0 Å². The lowest BCUT2D eigenvalue weighted by Gasteiger charge is -2.05. The number of carbonyl (C=O) groups excluding carboxylic acids is 1. The quantitative estimate of drug-likeness (QED) is 0.467. The summed E-state index contributed by atoms with van der Waals surface area (Å²) < 4.78 is 9.49. The first-order valence-corrected chi connectivity index (χ1v) is 4.30. The zero-order valence-corrected chi connectivity index (χ0v) is 8.56. The summed E-state index contributed by atoms with van der Waals surface area (Å²) in [6.45, 7) is 0. The van der Waals surface area contributed by atoms with Crippen LogP contribution in [0.1, 0.15) is 5.56 Å². The van der Waals surface area contributed by atoms with Crippen LogP contribution >= 0.6 is 0 Å². The molecule has 0 radical (unpaired) electrons. The van der Waals surface area contributed by atoms with E-state index in [4.69, 9.17) is 9.84 Å². The summed E-state index contributed by atoms with van der Waals surface area (Å²) in [5, 5.41) is 8.91. The van der Waals surface area contributed by atoms with Crippen molar-refractivity contribution in [1.29, 1.82) is 0 Å². The van der Waals surface area contributed by atoms with Gasteiger partial charge in [0.25, 0.3) is 0 Å². The van der Waals surface area contributed by atoms with Gasteiger partial charge in [-0.2, -0.15) is 0 Å². The molecule has 0 heterocycles. The first-order chi connectivity index (χ1) is 7.22. The number of hydrogen-bond acceptors (Lipinski definition) is 4. The number of aliphatic hydroxyl groups excluding tert-OH is 1. The van der Waals surface area contributed by atoms with E-state index in [9.17, 15) is 4.79 Å². The Bertz CT molecular complexity index is 365. The Labute approximate surface area is 87.7 Å². The van der Waals surface area contributed by atoms with E-state index in [0.29, 0.717) is 11.3 Å². The van der Waals surface area contributed by atoms with Crippen molar-refractivity contribution in [3.05, 3.63) is 36.1 Å². The summed E-state index contributed by atoms with van der Waals surface area (Å²) >= 11 is 0. The Morgan fingerprint density at radius 3 is 2.27 bits per heavy atom. The van der Waals surface area contributed by atoms with Gasteiger partial charge < -0.3 is 14.6 Å². The van der Waals surface area contributed by atoms with Crippen molar-refractivity contribution in [1.82, 2.24) is 0 Å². The van der Waals surface area contributed by atoms with Gasteiger partial charge in [0, 0.05) is 0 Å². The van der Waals surface area contributed by atoms with E-state index < -0.39 is 5.97 Å². The minimum absolute atomic E-state index is 0.111. The third-order valence-electron chi connectivity index (χ3n) is 1.94. The number of aliphatic hydroxyl groups is 1. The van der Waals surface area contributed by atoms with Gasteiger partial charge in [-0.1, -0.05) is 12.1 Å². The molecule has 0 atom stereocenters. The molecule has 1 rings (SSSR count). The second kappa shape index (κ2) is 5.05. The highest BCUT2D eigenvalue weighted by Gasteiger charge is 2.12. The van der Waals surface area contributed by atoms with Gasteiger partial charge in [-0.15, -0.1) is 0 Å². The lowest BCUT2D eigenvalue weighted by Crippen LogP contribution is -2.03. The van der Waals surface area contributed by atoms with Crippen molar-refractivity contribution in [2.45, 2.75) is 0 Å². The van der Waals surface area contributed by atoms with Crippen LogP contribution in [0.15, 0.2) is 30.5 Å². The minimum Gasteiger partial charge on any atom is -0.515 e. The molecule has 0 saturated carbocycles. The summed E-state index contributed by atoms with van der Waals surface area (Å²) in [5.41, 5.74) is 0.685. The number of methoxy groups -OCH3 is 2. The van der Waals surface area contributed by atoms with Crippen LogP contribution in [0, 0.1) is 0 Å². The van der Waals surface area contributed by atoms with Gasteiger partial charge in [0.1, 0.15) is 11.3 Å². The van der Waals surface area contributed by atoms with Gasteiger partial charge in [0.05, 0.1) is 20.5 Å². The van der Waals surface area contributed by atoms with Crippen molar-refractivity contribution in [2.24, 2.45) is 0 Å². The largest absolute Gasteiger partial charge is 0.515 e. The predicted molar refractivity (Wildman–Crippen MR) is 55.6 cm³/mol. The summed E-state index contributed by atoms with van der Waals surface area (Å²) in [4.78, 5) is 11.2. The van der Waals surface area contributed by atoms with Crippen LogP contribution in [0.4, 0.5) is 0 Å². The van der Waals surface area contributed by atoms with Gasteiger partial charge in [0.15, 0.2) is 0 Å². The highest BCUT2D eigenvalue weighted by atomic mass is 16.5. The highest BCUT2D eigenvalue weighted by Crippen LogP contribution is 2.19. The van der Waals surface area contributed by atoms with E-state index in [1.165, 1.54) is 7.11 Å². The predicted octanol–water partition coefficient (Wildman–Crippen LogP) is 1.77. The molecule has 0 fully saturated rings. The Hall–Kier alpha value is -1.97. The van der Waals surface area contributed by atoms with E-state index in [0.717, 1.165) is 6.26 Å². The van der Waals surface area contributed by atoms with Crippen LogP contribution in [-0.4, -0.2) is 25.3 Å². The normalized spacial score (nSPS) is 10.9. The summed E-state index contributed by atoms with van der Waals surface area (Å²) in [6, 6.07) is 6.72. The molecule has 4 nitrogen and oxygen atoms in total. The van der Waals surface area contributed by atoms with E-state index in [1.54, 1.807) is 31.4 Å². The third kappa shape index (κ3) is 2.49. The number of esters is 1. The van der Waals surface area contributed by atoms with Crippen molar-refractivity contribution >= 4 is 11.5 Å². The standard InChI is InChI=1S/C11H12O4/c1-14-9-5-3-8(4-6-9)10(7-12)11(13)15-2/h3-7,12H,1-2H3/b10-7-. The van der Waals surface area contributed by atoms with Crippen LogP contribution in [0.5, 0.6) is 5.75 Å². The maximum Gasteiger partial charge on any atom is 0.341 e. The smallest absolute Gasteiger partial charge is 0.341 e. The molecular weight excluding hydrogens is 196 g/mol. The maximum atomic E-state index is 11.2. The molecule has 0 bridgehead atoms. The first-order valence-electron chi connectivity index (χ1n) is 4.30. The number of ether oxygens (including phenoxy) is 2. The van der Waals surface area contributed by atoms with E-state index >= 15 is 0 Å². The Morgan fingerprint density at radius 1 is 1.27 bits per heavy atom. The summed E-state index contributed by atoms with van der Waals surface area (Å²) in [7, 11) is 2.81. The fourth-order valence-corrected chi connectivity index (χ4v) is 1.13. The number of rotatable bonds is 3. The lowest BCUT2D eigenvalue weighted by molar-refractivity contribution is -0.133. The minimum atomic E-state index is -0.581. The molecule has 0 spiro atoms. The third-order valence-corrected chi connectivity index (χ3v) is 1.94. The Morgan fingerprint density at radius 2 is 1.87 bits per heavy atom. The van der Waals surface area contributed by atoms with Gasteiger partial charge in [-0.3, -0.25) is 0 Å². The fourth-order valence-electron chi connectivity index (χ4n) is 1.13. The second-order valence-electron chi connectivity index (χ2n) is 2.76. The number of carbonyl (C=O) groups is 1. The van der Waals surface area contributed by atoms with Crippen molar-refractivity contribution < 1.29 is 19.4 Å². The summed E-state index contributed by atoms with van der Waals surface area (Å²) in [5.74, 6) is 0.101. The van der Waals surface area contributed by atoms with Crippen LogP contribution < -0.4 is 4.74 Å². The van der Waals surface area contributed by atoms with Crippen molar-refractivity contribution in [2.75, 3.05) is 14.2 Å². The molecule has 0 aliphatic rings. The lowest BCUT2D eigenvalue weighted by atomic mass is 10.1. The second-order valence-corrected chi connectivity index (χ2v) is 2.76. The molecular formula is C11H12O4. The topological polar surface area (TPSA) is 55.8 Å². The molecule has 15 heavy (non-hydrogen) atoms. The first kappa shape index (κ1) is 11.1. The SMILES string of the molecule is COC(=O)/C(=C\O)c1ccc(OC)cc1. The average Bonchev–Trinajstić information content (AvgIpc) is 2.30. The van der Waals surface area contributed by atoms with Crippen LogP contribution in [0.3, 0.4) is 0 Å². The molecule has 1 aromatic rings. The monoisotopic (exact) mass is 208 g/mol. The van der Waals surface area contributed by atoms with Crippen molar-refractivity contribution in [3.8, 4) is 5.75 Å². The molecule has 0 unspecified atom stereocenters. The molecule has 80 valence electrons. The van der Waals surface area contributed by atoms with Gasteiger partial charge >= 0.3 is 5.97 Å². The van der Waals surface area contributed by atoms with Crippen LogP contribution in [0.2, 0.25) is 0 Å². The number of benzene rings is 1. The molecule has 0 amide bonds. The van der Waals surface area contributed by atoms with Crippen LogP contribution in [-0.2, 0) is 9.53 Å². The molecule has 0 aliphatic carbocycles. The molecule has 1 N–H and O–H groups in total. The summed E-state index contributed by atoms with van der Waals surface area (Å²) in [6.07, 6.45) is 0.730. The highest BCUT2D eigenvalue weighted by molar-refractivity contribution is 6.16. The van der Waals surface area contributed by atoms with E-state index in [2.05, 4.69) is 4.74 Å². The number of hydrogen-bond donors (Lipinski definition) is 1. The zero-order valence-electron chi connectivity index (χ0n) is 8.56. The molecule has 1 aromatic carbocycles.